The molecule has 194 valence electrons. The normalized spacial score (nSPS) is 23.5. The number of carboxylic acid groups (broad SMARTS) is 1. The number of aromatic nitrogens is 1. The Kier molecular flexibility index (Phi) is 6.86. The van der Waals surface area contributed by atoms with Gasteiger partial charge in [0, 0.05) is 21.6 Å². The molecular formula is C29H30ClNO6. The van der Waals surface area contributed by atoms with E-state index in [0.717, 1.165) is 36.8 Å². The van der Waals surface area contributed by atoms with E-state index in [1.165, 1.54) is 5.56 Å². The third kappa shape index (κ3) is 5.15. The Balaban J connectivity index is 1.28. The number of hydrogen-bond acceptors (Lipinski definition) is 6. The maximum absolute atomic E-state index is 12.8. The van der Waals surface area contributed by atoms with Gasteiger partial charge < -0.3 is 19.1 Å². The van der Waals surface area contributed by atoms with Crippen LogP contribution in [0.2, 0.25) is 5.02 Å². The molecule has 1 unspecified atom stereocenters. The Hall–Kier alpha value is -3.16. The highest BCUT2D eigenvalue weighted by molar-refractivity contribution is 6.30. The maximum atomic E-state index is 12.8. The first kappa shape index (κ1) is 25.5. The van der Waals surface area contributed by atoms with Crippen molar-refractivity contribution in [3.05, 3.63) is 75.9 Å². The lowest BCUT2D eigenvalue weighted by molar-refractivity contribution is -0.175. The molecule has 7 nitrogen and oxygen atoms in total. The minimum Gasteiger partial charge on any atom is -0.481 e. The van der Waals surface area contributed by atoms with Crippen molar-refractivity contribution in [2.75, 3.05) is 6.61 Å². The number of carboxylic acids is 1. The summed E-state index contributed by atoms with van der Waals surface area (Å²) in [4.78, 5) is 24.0. The van der Waals surface area contributed by atoms with Crippen LogP contribution in [0, 0.1) is 6.92 Å². The van der Waals surface area contributed by atoms with Crippen LogP contribution in [0.15, 0.2) is 53.1 Å². The summed E-state index contributed by atoms with van der Waals surface area (Å²) in [6.45, 7) is 4.17. The maximum Gasteiger partial charge on any atom is 0.311 e. The molecule has 0 spiro atoms. The second-order valence-corrected chi connectivity index (χ2v) is 10.8. The Morgan fingerprint density at radius 1 is 1.08 bits per heavy atom. The lowest BCUT2D eigenvalue weighted by Gasteiger charge is -2.53. The van der Waals surface area contributed by atoms with Crippen LogP contribution in [0.25, 0.3) is 11.3 Å². The van der Waals surface area contributed by atoms with E-state index in [9.17, 15) is 14.7 Å². The van der Waals surface area contributed by atoms with Gasteiger partial charge in [0.15, 0.2) is 5.76 Å². The largest absolute Gasteiger partial charge is 0.481 e. The number of fused-ring (bicyclic) bond motifs is 3. The van der Waals surface area contributed by atoms with Crippen molar-refractivity contribution in [3.8, 4) is 11.3 Å². The zero-order valence-electron chi connectivity index (χ0n) is 21.0. The number of carbonyl (C=O) groups excluding carboxylic acids is 1. The van der Waals surface area contributed by atoms with Gasteiger partial charge in [-0.15, -0.1) is 0 Å². The first-order valence-electron chi connectivity index (χ1n) is 12.6. The van der Waals surface area contributed by atoms with Crippen molar-refractivity contribution in [2.45, 2.75) is 69.5 Å². The number of aliphatic carboxylic acids is 1. The third-order valence-electron chi connectivity index (χ3n) is 7.96. The average molecular weight is 524 g/mol. The number of carbonyl (C=O) groups is 2. The van der Waals surface area contributed by atoms with Crippen molar-refractivity contribution in [1.82, 2.24) is 5.16 Å². The second-order valence-electron chi connectivity index (χ2n) is 10.3. The van der Waals surface area contributed by atoms with Gasteiger partial charge >= 0.3 is 11.9 Å². The highest BCUT2D eigenvalue weighted by Gasteiger charge is 2.51. The molecule has 0 radical (unpaired) electrons. The average Bonchev–Trinajstić information content (AvgIpc) is 3.24. The second kappa shape index (κ2) is 9.95. The van der Waals surface area contributed by atoms with E-state index in [0.29, 0.717) is 28.6 Å². The number of hydrogen-bond donors (Lipinski definition) is 1. The van der Waals surface area contributed by atoms with E-state index in [-0.39, 0.29) is 24.2 Å². The molecular weight excluding hydrogens is 494 g/mol. The van der Waals surface area contributed by atoms with Crippen LogP contribution in [0.5, 0.6) is 0 Å². The van der Waals surface area contributed by atoms with Gasteiger partial charge in [-0.05, 0) is 62.8 Å². The summed E-state index contributed by atoms with van der Waals surface area (Å²) in [6, 6.07) is 15.4. The highest BCUT2D eigenvalue weighted by atomic mass is 35.5. The van der Waals surface area contributed by atoms with Crippen LogP contribution < -0.4 is 0 Å². The molecule has 1 atom stereocenters. The summed E-state index contributed by atoms with van der Waals surface area (Å²) in [5, 5.41) is 14.0. The van der Waals surface area contributed by atoms with E-state index in [1.807, 2.05) is 38.1 Å². The smallest absolute Gasteiger partial charge is 0.311 e. The standard InChI is InChI=1S/C29H30ClNO6/c1-18-24(15-26(34)36-19(2)20-5-9-23(30)10-6-20)27(37-31-18)21-3-7-22(8-4-21)28-11-13-29(14-12-28,35-17-28)16-25(32)33/h3-10,19H,11-17H2,1-2H3,(H,32,33). The Morgan fingerprint density at radius 2 is 1.76 bits per heavy atom. The summed E-state index contributed by atoms with van der Waals surface area (Å²) in [5.41, 5.74) is 3.62. The fourth-order valence-electron chi connectivity index (χ4n) is 5.62. The summed E-state index contributed by atoms with van der Waals surface area (Å²) in [6.07, 6.45) is 3.03. The number of esters is 1. The first-order valence-corrected chi connectivity index (χ1v) is 12.9. The molecule has 1 N–H and O–H groups in total. The molecule has 3 heterocycles. The van der Waals surface area contributed by atoms with E-state index >= 15 is 0 Å². The van der Waals surface area contributed by atoms with E-state index < -0.39 is 17.7 Å². The quantitative estimate of drug-likeness (QED) is 0.350. The van der Waals surface area contributed by atoms with Gasteiger partial charge in [-0.25, -0.2) is 0 Å². The molecule has 2 aromatic carbocycles. The van der Waals surface area contributed by atoms with Crippen LogP contribution in [-0.4, -0.2) is 34.4 Å². The fourth-order valence-corrected chi connectivity index (χ4v) is 5.75. The number of aryl methyl sites for hydroxylation is 1. The molecule has 3 aliphatic rings. The number of ether oxygens (including phenoxy) is 2. The minimum atomic E-state index is -0.805. The molecule has 1 aliphatic carbocycles. The molecule has 1 aromatic heterocycles. The van der Waals surface area contributed by atoms with Gasteiger partial charge in [0.25, 0.3) is 0 Å². The SMILES string of the molecule is Cc1noc(-c2ccc(C34CCC(CC(=O)O)(CC3)OC4)cc2)c1CC(=O)OC(C)c1ccc(Cl)cc1. The molecule has 8 heteroatoms. The van der Waals surface area contributed by atoms with Gasteiger partial charge in [0.05, 0.1) is 30.7 Å². The van der Waals surface area contributed by atoms with Crippen LogP contribution >= 0.6 is 11.6 Å². The van der Waals surface area contributed by atoms with Gasteiger partial charge in [-0.3, -0.25) is 9.59 Å². The zero-order chi connectivity index (χ0) is 26.2. The summed E-state index contributed by atoms with van der Waals surface area (Å²) in [5.74, 6) is -0.612. The lowest BCUT2D eigenvalue weighted by atomic mass is 9.62. The molecule has 3 aromatic rings. The van der Waals surface area contributed by atoms with Crippen molar-refractivity contribution in [2.24, 2.45) is 0 Å². The van der Waals surface area contributed by atoms with Crippen molar-refractivity contribution < 1.29 is 28.7 Å². The highest BCUT2D eigenvalue weighted by Crippen LogP contribution is 2.51. The topological polar surface area (TPSA) is 98.9 Å². The number of rotatable bonds is 8. The summed E-state index contributed by atoms with van der Waals surface area (Å²) < 4.78 is 17.4. The van der Waals surface area contributed by atoms with E-state index in [4.69, 9.17) is 25.6 Å². The van der Waals surface area contributed by atoms with Crippen LogP contribution in [-0.2, 0) is 30.9 Å². The van der Waals surface area contributed by atoms with Gasteiger partial charge in [-0.1, -0.05) is 53.2 Å². The predicted molar refractivity (Wildman–Crippen MR) is 137 cm³/mol. The minimum absolute atomic E-state index is 0.0494. The number of benzene rings is 2. The molecule has 3 fully saturated rings. The summed E-state index contributed by atoms with van der Waals surface area (Å²) in [7, 11) is 0. The van der Waals surface area contributed by atoms with Crippen molar-refractivity contribution in [3.63, 3.8) is 0 Å². The van der Waals surface area contributed by atoms with Crippen molar-refractivity contribution >= 4 is 23.5 Å². The Morgan fingerprint density at radius 3 is 2.35 bits per heavy atom. The molecule has 2 aliphatic heterocycles. The lowest BCUT2D eigenvalue weighted by Crippen LogP contribution is -2.54. The molecule has 6 rings (SSSR count). The zero-order valence-corrected chi connectivity index (χ0v) is 21.7. The van der Waals surface area contributed by atoms with Gasteiger partial charge in [0.2, 0.25) is 0 Å². The number of halogens is 1. The molecule has 0 amide bonds. The monoisotopic (exact) mass is 523 g/mol. The van der Waals surface area contributed by atoms with Crippen LogP contribution in [0.3, 0.4) is 0 Å². The van der Waals surface area contributed by atoms with Crippen LogP contribution in [0.1, 0.15) is 67.5 Å². The van der Waals surface area contributed by atoms with Gasteiger partial charge in [-0.2, -0.15) is 0 Å². The molecule has 37 heavy (non-hydrogen) atoms. The molecule has 2 saturated heterocycles. The molecule has 1 saturated carbocycles. The Labute approximate surface area is 220 Å². The first-order chi connectivity index (χ1) is 17.7. The summed E-state index contributed by atoms with van der Waals surface area (Å²) >= 11 is 5.95. The van der Waals surface area contributed by atoms with E-state index in [2.05, 4.69) is 17.3 Å². The van der Waals surface area contributed by atoms with Crippen LogP contribution in [0.4, 0.5) is 0 Å². The van der Waals surface area contributed by atoms with E-state index in [1.54, 1.807) is 12.1 Å². The molecule has 2 bridgehead atoms. The number of nitrogens with zero attached hydrogens (tertiary/aromatic N) is 1. The Bertz CT molecular complexity index is 1270. The third-order valence-corrected chi connectivity index (χ3v) is 8.21. The van der Waals surface area contributed by atoms with Crippen molar-refractivity contribution in [1.29, 1.82) is 0 Å². The predicted octanol–water partition coefficient (Wildman–Crippen LogP) is 6.21. The van der Waals surface area contributed by atoms with Gasteiger partial charge in [0.1, 0.15) is 6.10 Å². The fraction of sp³-hybridized carbons (Fsp3) is 0.414.